The Hall–Kier alpha value is -2.11. The van der Waals surface area contributed by atoms with Gasteiger partial charge in [-0.3, -0.25) is 14.1 Å². The van der Waals surface area contributed by atoms with Gasteiger partial charge in [0, 0.05) is 6.92 Å². The van der Waals surface area contributed by atoms with Crippen LogP contribution in [0.1, 0.15) is 46.6 Å². The minimum atomic E-state index is -3.59. The maximum Gasteiger partial charge on any atom is 0.382 e. The molecule has 7 nitrogen and oxygen atoms in total. The van der Waals surface area contributed by atoms with Gasteiger partial charge in [0.2, 0.25) is 6.79 Å². The molecule has 0 saturated heterocycles. The monoisotopic (exact) mass is 426 g/mol. The van der Waals surface area contributed by atoms with Gasteiger partial charge in [0.05, 0.1) is 11.6 Å². The lowest BCUT2D eigenvalue weighted by molar-refractivity contribution is -0.159. The van der Waals surface area contributed by atoms with Crippen LogP contribution in [0.3, 0.4) is 0 Å². The Balaban J connectivity index is 2.77. The standard InChI is InChI=1S/C21H31O7P/c1-16-9-11-19(12-10-16)28-29(24,27-15-26-20(23)21(4,5)6)13-7-8-17(2)14-25-18(3)22/h8-12H,7,13-15H2,1-6H3/b17-8+. The van der Waals surface area contributed by atoms with E-state index in [-0.39, 0.29) is 18.7 Å². The Morgan fingerprint density at radius 3 is 2.24 bits per heavy atom. The normalized spacial score (nSPS) is 14.1. The Morgan fingerprint density at radius 2 is 1.69 bits per heavy atom. The third-order valence-electron chi connectivity index (χ3n) is 3.72. The van der Waals surface area contributed by atoms with Crippen molar-refractivity contribution in [2.75, 3.05) is 19.6 Å². The first-order chi connectivity index (χ1) is 13.4. The van der Waals surface area contributed by atoms with Gasteiger partial charge in [0.1, 0.15) is 12.4 Å². The van der Waals surface area contributed by atoms with Crippen molar-refractivity contribution in [3.05, 3.63) is 41.5 Å². The molecule has 0 radical (unpaired) electrons. The maximum absolute atomic E-state index is 13.2. The summed E-state index contributed by atoms with van der Waals surface area (Å²) in [7, 11) is -3.59. The summed E-state index contributed by atoms with van der Waals surface area (Å²) in [6, 6.07) is 7.08. The average molecular weight is 426 g/mol. The van der Waals surface area contributed by atoms with Crippen molar-refractivity contribution >= 4 is 19.5 Å². The second-order valence-corrected chi connectivity index (χ2v) is 9.90. The minimum absolute atomic E-state index is 0.0748. The molecule has 0 aliphatic heterocycles. The quantitative estimate of drug-likeness (QED) is 0.224. The van der Waals surface area contributed by atoms with Crippen molar-refractivity contribution < 1.29 is 32.7 Å². The number of carbonyl (C=O) groups excluding carboxylic acids is 2. The molecule has 0 amide bonds. The van der Waals surface area contributed by atoms with E-state index in [4.69, 9.17) is 18.5 Å². The molecule has 8 heteroatoms. The minimum Gasteiger partial charge on any atom is -0.461 e. The van der Waals surface area contributed by atoms with Crippen LogP contribution < -0.4 is 4.52 Å². The van der Waals surface area contributed by atoms with E-state index < -0.39 is 25.8 Å². The lowest BCUT2D eigenvalue weighted by Crippen LogP contribution is -2.24. The molecule has 0 aromatic heterocycles. The predicted octanol–water partition coefficient (Wildman–Crippen LogP) is 5.03. The van der Waals surface area contributed by atoms with Crippen LogP contribution in [0.2, 0.25) is 0 Å². The van der Waals surface area contributed by atoms with Crippen LogP contribution in [0.15, 0.2) is 35.9 Å². The number of hydrogen-bond donors (Lipinski definition) is 0. The van der Waals surface area contributed by atoms with Crippen molar-refractivity contribution in [3.8, 4) is 5.75 Å². The van der Waals surface area contributed by atoms with Gasteiger partial charge in [0.25, 0.3) is 0 Å². The lowest BCUT2D eigenvalue weighted by atomic mass is 9.98. The fourth-order valence-electron chi connectivity index (χ4n) is 2.02. The molecule has 1 aromatic rings. The summed E-state index contributed by atoms with van der Waals surface area (Å²) in [5, 5.41) is 0. The van der Waals surface area contributed by atoms with Crippen molar-refractivity contribution in [2.45, 2.75) is 48.0 Å². The molecule has 1 unspecified atom stereocenters. The Morgan fingerprint density at radius 1 is 1.07 bits per heavy atom. The van der Waals surface area contributed by atoms with E-state index in [0.717, 1.165) is 11.1 Å². The van der Waals surface area contributed by atoms with Crippen LogP contribution in [0.25, 0.3) is 0 Å². The summed E-state index contributed by atoms with van der Waals surface area (Å²) in [6.45, 7) is 9.93. The van der Waals surface area contributed by atoms with Crippen LogP contribution >= 0.6 is 7.60 Å². The van der Waals surface area contributed by atoms with Crippen molar-refractivity contribution in [2.24, 2.45) is 5.41 Å². The summed E-state index contributed by atoms with van der Waals surface area (Å²) >= 11 is 0. The number of hydrogen-bond acceptors (Lipinski definition) is 7. The van der Waals surface area contributed by atoms with Gasteiger partial charge in [-0.05, 0) is 58.7 Å². The third-order valence-corrected chi connectivity index (χ3v) is 5.51. The third kappa shape index (κ3) is 10.3. The van der Waals surface area contributed by atoms with Crippen LogP contribution in [-0.4, -0.2) is 31.5 Å². The topological polar surface area (TPSA) is 88.1 Å². The zero-order valence-corrected chi connectivity index (χ0v) is 18.9. The van der Waals surface area contributed by atoms with Gasteiger partial charge in [0.15, 0.2) is 0 Å². The Labute approximate surface area is 172 Å². The van der Waals surface area contributed by atoms with E-state index in [1.165, 1.54) is 6.92 Å². The fourth-order valence-corrected chi connectivity index (χ4v) is 3.39. The van der Waals surface area contributed by atoms with E-state index in [1.807, 2.05) is 19.1 Å². The summed E-state index contributed by atoms with van der Waals surface area (Å²) in [4.78, 5) is 22.8. The number of esters is 2. The zero-order chi connectivity index (χ0) is 22.1. The molecule has 0 aliphatic rings. The molecule has 0 spiro atoms. The number of rotatable bonds is 10. The average Bonchev–Trinajstić information content (AvgIpc) is 2.61. The molecule has 1 aromatic carbocycles. The second-order valence-electron chi connectivity index (χ2n) is 7.79. The largest absolute Gasteiger partial charge is 0.461 e. The summed E-state index contributed by atoms with van der Waals surface area (Å²) < 4.78 is 34.2. The van der Waals surface area contributed by atoms with E-state index in [1.54, 1.807) is 45.9 Å². The van der Waals surface area contributed by atoms with Crippen molar-refractivity contribution in [1.29, 1.82) is 0 Å². The van der Waals surface area contributed by atoms with E-state index in [0.29, 0.717) is 12.2 Å². The highest BCUT2D eigenvalue weighted by Crippen LogP contribution is 2.49. The molecule has 0 N–H and O–H groups in total. The van der Waals surface area contributed by atoms with Gasteiger partial charge < -0.3 is 14.0 Å². The van der Waals surface area contributed by atoms with Crippen LogP contribution in [0.4, 0.5) is 0 Å². The van der Waals surface area contributed by atoms with Crippen LogP contribution in [-0.2, 0) is 28.2 Å². The Bertz CT molecular complexity index is 760. The second kappa shape index (κ2) is 11.2. The Kier molecular flexibility index (Phi) is 9.60. The molecule has 0 saturated carbocycles. The number of benzene rings is 1. The van der Waals surface area contributed by atoms with E-state index in [9.17, 15) is 14.2 Å². The fraction of sp³-hybridized carbons (Fsp3) is 0.524. The highest BCUT2D eigenvalue weighted by Gasteiger charge is 2.28. The molecule has 0 heterocycles. The van der Waals surface area contributed by atoms with Crippen LogP contribution in [0.5, 0.6) is 5.75 Å². The lowest BCUT2D eigenvalue weighted by Gasteiger charge is -2.21. The molecular formula is C21H31O7P. The first kappa shape index (κ1) is 24.9. The highest BCUT2D eigenvalue weighted by atomic mass is 31.2. The molecule has 29 heavy (non-hydrogen) atoms. The molecule has 162 valence electrons. The number of aryl methyl sites for hydroxylation is 1. The van der Waals surface area contributed by atoms with Crippen molar-refractivity contribution in [1.82, 2.24) is 0 Å². The first-order valence-electron chi connectivity index (χ1n) is 9.37. The van der Waals surface area contributed by atoms with Crippen LogP contribution in [0, 0.1) is 12.3 Å². The molecule has 0 fully saturated rings. The smallest absolute Gasteiger partial charge is 0.382 e. The van der Waals surface area contributed by atoms with Gasteiger partial charge >= 0.3 is 19.5 Å². The zero-order valence-electron chi connectivity index (χ0n) is 18.0. The van der Waals surface area contributed by atoms with Crippen molar-refractivity contribution in [3.63, 3.8) is 0 Å². The van der Waals surface area contributed by atoms with Gasteiger partial charge in [-0.25, -0.2) is 4.57 Å². The number of carbonyl (C=O) groups is 2. The maximum atomic E-state index is 13.2. The molecule has 1 atom stereocenters. The van der Waals surface area contributed by atoms with E-state index in [2.05, 4.69) is 0 Å². The van der Waals surface area contributed by atoms with Gasteiger partial charge in [-0.1, -0.05) is 23.8 Å². The molecular weight excluding hydrogens is 395 g/mol. The molecule has 0 bridgehead atoms. The van der Waals surface area contributed by atoms with E-state index >= 15 is 0 Å². The summed E-state index contributed by atoms with van der Waals surface area (Å²) in [5.74, 6) is -0.423. The highest BCUT2D eigenvalue weighted by molar-refractivity contribution is 7.54. The molecule has 0 aliphatic carbocycles. The molecule has 1 rings (SSSR count). The SMILES string of the molecule is CC(=O)OC/C(C)=C/CCP(=O)(OCOC(=O)C(C)(C)C)Oc1ccc(C)cc1. The number of allylic oxidation sites excluding steroid dienone is 1. The van der Waals surface area contributed by atoms with Gasteiger partial charge in [-0.15, -0.1) is 0 Å². The van der Waals surface area contributed by atoms with Gasteiger partial charge in [-0.2, -0.15) is 0 Å². The first-order valence-corrected chi connectivity index (χ1v) is 11.1. The summed E-state index contributed by atoms with van der Waals surface area (Å²) in [5.41, 5.74) is 1.17. The predicted molar refractivity (Wildman–Crippen MR) is 111 cm³/mol. The number of ether oxygens (including phenoxy) is 2. The summed E-state index contributed by atoms with van der Waals surface area (Å²) in [6.07, 6.45) is 2.26.